The van der Waals surface area contributed by atoms with Crippen LogP contribution < -0.4 is 0 Å². The summed E-state index contributed by atoms with van der Waals surface area (Å²) in [7, 11) is 0. The van der Waals surface area contributed by atoms with Crippen molar-refractivity contribution in [2.24, 2.45) is 0 Å². The lowest BCUT2D eigenvalue weighted by molar-refractivity contribution is 0.0954. The Morgan fingerprint density at radius 3 is 2.31 bits per heavy atom. The van der Waals surface area contributed by atoms with Gasteiger partial charge >= 0.3 is 0 Å². The Balaban J connectivity index is 2.87. The molecule has 0 spiro atoms. The molecule has 70 valence electrons. The number of hydrogen-bond acceptors (Lipinski definition) is 3. The third-order valence-electron chi connectivity index (χ3n) is 1.87. The van der Waals surface area contributed by atoms with E-state index in [1.807, 2.05) is 0 Å². The van der Waals surface area contributed by atoms with E-state index in [2.05, 4.69) is 0 Å². The van der Waals surface area contributed by atoms with E-state index < -0.39 is 6.10 Å². The third kappa shape index (κ3) is 2.37. The van der Waals surface area contributed by atoms with Gasteiger partial charge in [0, 0.05) is 5.56 Å². The molecule has 0 aromatic heterocycles. The van der Waals surface area contributed by atoms with Crippen molar-refractivity contribution in [1.29, 1.82) is 0 Å². The number of aliphatic hydroxyl groups is 2. The van der Waals surface area contributed by atoms with E-state index in [0.29, 0.717) is 11.1 Å². The monoisotopic (exact) mass is 180 g/mol. The molecule has 3 nitrogen and oxygen atoms in total. The maximum absolute atomic E-state index is 10.9. The number of rotatable bonds is 3. The van der Waals surface area contributed by atoms with E-state index in [9.17, 15) is 9.90 Å². The summed E-state index contributed by atoms with van der Waals surface area (Å²) in [6.45, 7) is 1.18. The van der Waals surface area contributed by atoms with Crippen LogP contribution in [0, 0.1) is 0 Å². The van der Waals surface area contributed by atoms with Crippen LogP contribution in [0.1, 0.15) is 28.9 Å². The third-order valence-corrected chi connectivity index (χ3v) is 1.87. The molecular formula is C10H12O3. The zero-order valence-electron chi connectivity index (χ0n) is 7.40. The zero-order valence-corrected chi connectivity index (χ0v) is 7.40. The first-order valence-electron chi connectivity index (χ1n) is 4.05. The smallest absolute Gasteiger partial charge is 0.159 e. The van der Waals surface area contributed by atoms with Gasteiger partial charge in [-0.05, 0) is 12.5 Å². The Hall–Kier alpha value is -1.19. The van der Waals surface area contributed by atoms with E-state index in [-0.39, 0.29) is 12.4 Å². The molecule has 2 N–H and O–H groups in total. The molecule has 0 bridgehead atoms. The highest BCUT2D eigenvalue weighted by Gasteiger charge is 2.05. The van der Waals surface area contributed by atoms with Crippen LogP contribution in [0.15, 0.2) is 24.3 Å². The molecule has 1 aromatic rings. The number of hydrogen-bond donors (Lipinski definition) is 2. The van der Waals surface area contributed by atoms with Crippen LogP contribution in [-0.2, 0) is 0 Å². The van der Waals surface area contributed by atoms with Crippen LogP contribution in [0.3, 0.4) is 0 Å². The molecule has 0 fully saturated rings. The molecular weight excluding hydrogens is 168 g/mol. The fourth-order valence-electron chi connectivity index (χ4n) is 1.05. The Morgan fingerprint density at radius 1 is 1.38 bits per heavy atom. The quantitative estimate of drug-likeness (QED) is 0.680. The van der Waals surface area contributed by atoms with Crippen molar-refractivity contribution in [1.82, 2.24) is 0 Å². The summed E-state index contributed by atoms with van der Waals surface area (Å²) in [4.78, 5) is 10.9. The van der Waals surface area contributed by atoms with Gasteiger partial charge in [-0.1, -0.05) is 24.3 Å². The lowest BCUT2D eigenvalue weighted by Gasteiger charge is -2.06. The highest BCUT2D eigenvalue weighted by molar-refractivity contribution is 5.94. The van der Waals surface area contributed by atoms with Crippen LogP contribution in [-0.4, -0.2) is 22.6 Å². The standard InChI is InChI=1S/C10H12O3/c1-7(12)8-2-4-9(5-3-8)10(13)6-11/h2-5,10-11,13H,6H2,1H3. The minimum atomic E-state index is -0.860. The molecule has 0 radical (unpaired) electrons. The lowest BCUT2D eigenvalue weighted by Crippen LogP contribution is -2.02. The number of ketones is 1. The first kappa shape index (κ1) is 9.89. The Morgan fingerprint density at radius 2 is 1.92 bits per heavy atom. The van der Waals surface area contributed by atoms with E-state index in [4.69, 9.17) is 5.11 Å². The summed E-state index contributed by atoms with van der Waals surface area (Å²) in [5.74, 6) is -0.00922. The van der Waals surface area contributed by atoms with Gasteiger partial charge in [-0.2, -0.15) is 0 Å². The van der Waals surface area contributed by atoms with Crippen LogP contribution >= 0.6 is 0 Å². The van der Waals surface area contributed by atoms with Crippen LogP contribution in [0.5, 0.6) is 0 Å². The van der Waals surface area contributed by atoms with Crippen molar-refractivity contribution in [2.75, 3.05) is 6.61 Å². The SMILES string of the molecule is CC(=O)c1ccc(C(O)CO)cc1. The predicted molar refractivity (Wildman–Crippen MR) is 48.5 cm³/mol. The van der Waals surface area contributed by atoms with Crippen molar-refractivity contribution in [3.63, 3.8) is 0 Å². The molecule has 0 saturated carbocycles. The van der Waals surface area contributed by atoms with Crippen molar-refractivity contribution >= 4 is 5.78 Å². The van der Waals surface area contributed by atoms with E-state index in [1.54, 1.807) is 24.3 Å². The Bertz CT molecular complexity index is 290. The van der Waals surface area contributed by atoms with E-state index in [0.717, 1.165) is 0 Å². The molecule has 13 heavy (non-hydrogen) atoms. The first-order chi connectivity index (χ1) is 6.15. The van der Waals surface area contributed by atoms with Crippen molar-refractivity contribution in [3.8, 4) is 0 Å². The molecule has 0 heterocycles. The highest BCUT2D eigenvalue weighted by atomic mass is 16.3. The fraction of sp³-hybridized carbons (Fsp3) is 0.300. The maximum Gasteiger partial charge on any atom is 0.159 e. The van der Waals surface area contributed by atoms with Crippen LogP contribution in [0.2, 0.25) is 0 Å². The minimum absolute atomic E-state index is 0.00922. The number of Topliss-reactive ketones (excluding diaryl/α,β-unsaturated/α-hetero) is 1. The average Bonchev–Trinajstić information content (AvgIpc) is 2.17. The molecule has 1 aromatic carbocycles. The second-order valence-corrected chi connectivity index (χ2v) is 2.88. The molecule has 1 atom stereocenters. The maximum atomic E-state index is 10.9. The van der Waals surface area contributed by atoms with Gasteiger partial charge in [0.1, 0.15) is 6.10 Å². The van der Waals surface area contributed by atoms with Gasteiger partial charge in [-0.3, -0.25) is 4.79 Å². The molecule has 0 aliphatic heterocycles. The first-order valence-corrected chi connectivity index (χ1v) is 4.05. The summed E-state index contributed by atoms with van der Waals surface area (Å²) in [5, 5.41) is 17.9. The molecule has 0 aliphatic rings. The summed E-state index contributed by atoms with van der Waals surface area (Å²) in [6, 6.07) is 6.54. The average molecular weight is 180 g/mol. The summed E-state index contributed by atoms with van der Waals surface area (Å²) < 4.78 is 0. The van der Waals surface area contributed by atoms with Crippen LogP contribution in [0.25, 0.3) is 0 Å². The van der Waals surface area contributed by atoms with Gasteiger partial charge in [-0.15, -0.1) is 0 Å². The molecule has 3 heteroatoms. The van der Waals surface area contributed by atoms with E-state index in [1.165, 1.54) is 6.92 Å². The highest BCUT2D eigenvalue weighted by Crippen LogP contribution is 2.13. The van der Waals surface area contributed by atoms with E-state index >= 15 is 0 Å². The second-order valence-electron chi connectivity index (χ2n) is 2.88. The molecule has 1 unspecified atom stereocenters. The van der Waals surface area contributed by atoms with Gasteiger partial charge in [0.05, 0.1) is 6.61 Å². The number of carbonyl (C=O) groups excluding carboxylic acids is 1. The topological polar surface area (TPSA) is 57.5 Å². The molecule has 0 saturated heterocycles. The molecule has 1 rings (SSSR count). The number of aliphatic hydroxyl groups excluding tert-OH is 2. The molecule has 0 amide bonds. The molecule has 0 aliphatic carbocycles. The predicted octanol–water partition coefficient (Wildman–Crippen LogP) is 0.915. The summed E-state index contributed by atoms with van der Waals surface area (Å²) in [5.41, 5.74) is 1.22. The van der Waals surface area contributed by atoms with Gasteiger partial charge < -0.3 is 10.2 Å². The Kier molecular flexibility index (Phi) is 3.17. The van der Waals surface area contributed by atoms with Gasteiger partial charge in [0.25, 0.3) is 0 Å². The fourth-order valence-corrected chi connectivity index (χ4v) is 1.05. The van der Waals surface area contributed by atoms with Gasteiger partial charge in [0.15, 0.2) is 5.78 Å². The summed E-state index contributed by atoms with van der Waals surface area (Å²) >= 11 is 0. The number of carbonyl (C=O) groups is 1. The zero-order chi connectivity index (χ0) is 9.84. The number of benzene rings is 1. The largest absolute Gasteiger partial charge is 0.393 e. The second kappa shape index (κ2) is 4.16. The van der Waals surface area contributed by atoms with Crippen molar-refractivity contribution in [3.05, 3.63) is 35.4 Å². The van der Waals surface area contributed by atoms with Crippen LogP contribution in [0.4, 0.5) is 0 Å². The Labute approximate surface area is 76.6 Å². The van der Waals surface area contributed by atoms with Gasteiger partial charge in [-0.25, -0.2) is 0 Å². The summed E-state index contributed by atoms with van der Waals surface area (Å²) in [6.07, 6.45) is -0.860. The van der Waals surface area contributed by atoms with Crippen molar-refractivity contribution < 1.29 is 15.0 Å². The van der Waals surface area contributed by atoms with Crippen molar-refractivity contribution in [2.45, 2.75) is 13.0 Å². The normalized spacial score (nSPS) is 12.5. The minimum Gasteiger partial charge on any atom is -0.393 e. The van der Waals surface area contributed by atoms with Gasteiger partial charge in [0.2, 0.25) is 0 Å². The lowest BCUT2D eigenvalue weighted by atomic mass is 10.1.